The van der Waals surface area contributed by atoms with E-state index in [1.165, 1.54) is 32.2 Å². The molecule has 1 aromatic rings. The van der Waals surface area contributed by atoms with E-state index < -0.39 is 0 Å². The minimum Gasteiger partial charge on any atom is -0.340 e. The molecule has 5 nitrogen and oxygen atoms in total. The molecule has 1 aliphatic heterocycles. The molecule has 5 heteroatoms. The first kappa shape index (κ1) is 12.8. The Bertz CT molecular complexity index is 435. The van der Waals surface area contributed by atoms with E-state index in [1.54, 1.807) is 0 Å². The summed E-state index contributed by atoms with van der Waals surface area (Å²) in [7, 11) is 0. The van der Waals surface area contributed by atoms with Crippen LogP contribution in [0.15, 0.2) is 0 Å². The van der Waals surface area contributed by atoms with Crippen LogP contribution in [0.3, 0.4) is 0 Å². The summed E-state index contributed by atoms with van der Waals surface area (Å²) in [6, 6.07) is 0.824. The number of nitrogens with one attached hydrogen (secondary N) is 1. The molecule has 1 saturated heterocycles. The highest BCUT2D eigenvalue weighted by Gasteiger charge is 2.25. The SMILES string of the molecule is Cc1nnc(N2CCC(CNC3CC3)CC2)nc1C. The van der Waals surface area contributed by atoms with E-state index in [4.69, 9.17) is 0 Å². The van der Waals surface area contributed by atoms with E-state index in [1.807, 2.05) is 13.8 Å². The number of nitrogens with zero attached hydrogens (tertiary/aromatic N) is 4. The molecule has 0 unspecified atom stereocenters. The van der Waals surface area contributed by atoms with E-state index in [-0.39, 0.29) is 0 Å². The minimum atomic E-state index is 0.803. The van der Waals surface area contributed by atoms with E-state index in [9.17, 15) is 0 Å². The zero-order chi connectivity index (χ0) is 13.2. The first-order valence-electron chi connectivity index (χ1n) is 7.38. The van der Waals surface area contributed by atoms with Crippen LogP contribution in [-0.2, 0) is 0 Å². The van der Waals surface area contributed by atoms with Crippen LogP contribution >= 0.6 is 0 Å². The quantitative estimate of drug-likeness (QED) is 0.889. The third kappa shape index (κ3) is 3.21. The molecule has 2 aliphatic rings. The molecule has 0 atom stereocenters. The Morgan fingerprint density at radius 2 is 1.79 bits per heavy atom. The van der Waals surface area contributed by atoms with Crippen LogP contribution in [0.25, 0.3) is 0 Å². The molecule has 2 fully saturated rings. The third-order valence-corrected chi connectivity index (χ3v) is 4.25. The smallest absolute Gasteiger partial charge is 0.245 e. The highest BCUT2D eigenvalue weighted by atomic mass is 15.3. The predicted molar refractivity (Wildman–Crippen MR) is 75.3 cm³/mol. The van der Waals surface area contributed by atoms with Crippen LogP contribution in [0.1, 0.15) is 37.1 Å². The van der Waals surface area contributed by atoms with Gasteiger partial charge in [0.15, 0.2) is 0 Å². The molecule has 0 aromatic carbocycles. The molecule has 3 rings (SSSR count). The van der Waals surface area contributed by atoms with Gasteiger partial charge in [0, 0.05) is 19.1 Å². The average Bonchev–Trinajstić information content (AvgIpc) is 3.24. The molecule has 1 aliphatic carbocycles. The van der Waals surface area contributed by atoms with Crippen LogP contribution in [0.5, 0.6) is 0 Å². The summed E-state index contributed by atoms with van der Waals surface area (Å²) in [5.74, 6) is 1.62. The monoisotopic (exact) mass is 261 g/mol. The topological polar surface area (TPSA) is 53.9 Å². The summed E-state index contributed by atoms with van der Waals surface area (Å²) in [5.41, 5.74) is 1.91. The van der Waals surface area contributed by atoms with Crippen molar-refractivity contribution in [2.45, 2.75) is 45.6 Å². The first-order chi connectivity index (χ1) is 9.22. The lowest BCUT2D eigenvalue weighted by Gasteiger charge is -2.32. The van der Waals surface area contributed by atoms with Gasteiger partial charge in [-0.15, -0.1) is 5.10 Å². The normalized spacial score (nSPS) is 20.8. The van der Waals surface area contributed by atoms with Crippen molar-refractivity contribution in [3.05, 3.63) is 11.4 Å². The van der Waals surface area contributed by atoms with Crippen LogP contribution < -0.4 is 10.2 Å². The Balaban J connectivity index is 1.52. The van der Waals surface area contributed by atoms with Crippen LogP contribution in [0, 0.1) is 19.8 Å². The Kier molecular flexibility index (Phi) is 3.64. The van der Waals surface area contributed by atoms with Crippen molar-refractivity contribution in [3.8, 4) is 0 Å². The largest absolute Gasteiger partial charge is 0.340 e. The summed E-state index contributed by atoms with van der Waals surface area (Å²) >= 11 is 0. The van der Waals surface area contributed by atoms with Crippen molar-refractivity contribution in [3.63, 3.8) is 0 Å². The molecular weight excluding hydrogens is 238 g/mol. The van der Waals surface area contributed by atoms with Crippen LogP contribution in [0.2, 0.25) is 0 Å². The maximum Gasteiger partial charge on any atom is 0.245 e. The zero-order valence-electron chi connectivity index (χ0n) is 11.9. The second-order valence-corrected chi connectivity index (χ2v) is 5.90. The fourth-order valence-corrected chi connectivity index (χ4v) is 2.54. The zero-order valence-corrected chi connectivity index (χ0v) is 11.9. The summed E-state index contributed by atoms with van der Waals surface area (Å²) in [4.78, 5) is 6.81. The fraction of sp³-hybridized carbons (Fsp3) is 0.786. The standard InChI is InChI=1S/C14H23N5/c1-10-11(2)17-18-14(16-10)19-7-5-12(6-8-19)9-15-13-3-4-13/h12-13,15H,3-9H2,1-2H3. The molecule has 1 N–H and O–H groups in total. The fourth-order valence-electron chi connectivity index (χ4n) is 2.54. The maximum absolute atomic E-state index is 4.54. The number of piperidine rings is 1. The lowest BCUT2D eigenvalue weighted by molar-refractivity contribution is 0.379. The Morgan fingerprint density at radius 1 is 1.05 bits per heavy atom. The summed E-state index contributed by atoms with van der Waals surface area (Å²) < 4.78 is 0. The molecule has 0 spiro atoms. The summed E-state index contributed by atoms with van der Waals surface area (Å²) in [6.45, 7) is 7.25. The van der Waals surface area contributed by atoms with Gasteiger partial charge in [-0.05, 0) is 52.0 Å². The second-order valence-electron chi connectivity index (χ2n) is 5.90. The maximum atomic E-state index is 4.54. The minimum absolute atomic E-state index is 0.803. The Morgan fingerprint density at radius 3 is 2.42 bits per heavy atom. The van der Waals surface area contributed by atoms with Gasteiger partial charge in [0.25, 0.3) is 0 Å². The molecule has 1 aromatic heterocycles. The van der Waals surface area contributed by atoms with Gasteiger partial charge in [0.1, 0.15) is 0 Å². The van der Waals surface area contributed by atoms with E-state index in [0.29, 0.717) is 0 Å². The molecular formula is C14H23N5. The Hall–Kier alpha value is -1.23. The predicted octanol–water partition coefficient (Wildman–Crippen LogP) is 1.46. The van der Waals surface area contributed by atoms with Gasteiger partial charge in [-0.3, -0.25) is 0 Å². The number of hydrogen-bond acceptors (Lipinski definition) is 5. The van der Waals surface area contributed by atoms with Gasteiger partial charge in [-0.25, -0.2) is 4.98 Å². The molecule has 0 bridgehead atoms. The van der Waals surface area contributed by atoms with Gasteiger partial charge in [0.05, 0.1) is 11.4 Å². The second kappa shape index (κ2) is 5.41. The van der Waals surface area contributed by atoms with Gasteiger partial charge < -0.3 is 10.2 Å². The van der Waals surface area contributed by atoms with E-state index in [0.717, 1.165) is 42.4 Å². The molecule has 2 heterocycles. The summed E-state index contributed by atoms with van der Waals surface area (Å²) in [6.07, 6.45) is 5.22. The number of rotatable bonds is 4. The number of aromatic nitrogens is 3. The van der Waals surface area contributed by atoms with Gasteiger partial charge in [-0.1, -0.05) is 0 Å². The van der Waals surface area contributed by atoms with Crippen molar-refractivity contribution in [2.24, 2.45) is 5.92 Å². The lowest BCUT2D eigenvalue weighted by Crippen LogP contribution is -2.38. The third-order valence-electron chi connectivity index (χ3n) is 4.25. The van der Waals surface area contributed by atoms with E-state index >= 15 is 0 Å². The molecule has 0 radical (unpaired) electrons. The van der Waals surface area contributed by atoms with Crippen molar-refractivity contribution in [1.29, 1.82) is 0 Å². The van der Waals surface area contributed by atoms with E-state index in [2.05, 4.69) is 25.4 Å². The van der Waals surface area contributed by atoms with Crippen molar-refractivity contribution >= 4 is 5.95 Å². The summed E-state index contributed by atoms with van der Waals surface area (Å²) in [5, 5.41) is 12.0. The lowest BCUT2D eigenvalue weighted by atomic mass is 9.97. The van der Waals surface area contributed by atoms with Crippen molar-refractivity contribution in [2.75, 3.05) is 24.5 Å². The van der Waals surface area contributed by atoms with Gasteiger partial charge >= 0.3 is 0 Å². The Labute approximate surface area is 114 Å². The highest BCUT2D eigenvalue weighted by molar-refractivity contribution is 5.30. The molecule has 1 saturated carbocycles. The molecule has 104 valence electrons. The van der Waals surface area contributed by atoms with Crippen molar-refractivity contribution < 1.29 is 0 Å². The first-order valence-corrected chi connectivity index (χ1v) is 7.38. The molecule has 0 amide bonds. The number of hydrogen-bond donors (Lipinski definition) is 1. The molecule has 19 heavy (non-hydrogen) atoms. The van der Waals surface area contributed by atoms with Crippen LogP contribution in [-0.4, -0.2) is 40.9 Å². The number of aryl methyl sites for hydroxylation is 2. The number of anilines is 1. The van der Waals surface area contributed by atoms with Gasteiger partial charge in [-0.2, -0.15) is 5.10 Å². The van der Waals surface area contributed by atoms with Crippen LogP contribution in [0.4, 0.5) is 5.95 Å². The van der Waals surface area contributed by atoms with Gasteiger partial charge in [0.2, 0.25) is 5.95 Å². The highest BCUT2D eigenvalue weighted by Crippen LogP contribution is 2.23. The van der Waals surface area contributed by atoms with Crippen molar-refractivity contribution in [1.82, 2.24) is 20.5 Å². The average molecular weight is 261 g/mol.